The Morgan fingerprint density at radius 2 is 1.80 bits per heavy atom. The van der Waals surface area contributed by atoms with E-state index in [0.29, 0.717) is 11.3 Å². The zero-order chi connectivity index (χ0) is 10.7. The second-order valence-corrected chi connectivity index (χ2v) is 2.88. The molecule has 0 aliphatic rings. The molecule has 0 fully saturated rings. The predicted octanol–water partition coefficient (Wildman–Crippen LogP) is 0.685. The molecule has 5 nitrogen and oxygen atoms in total. The van der Waals surface area contributed by atoms with Crippen LogP contribution in [-0.4, -0.2) is 20.7 Å². The molecular formula is C10H8N4O. The van der Waals surface area contributed by atoms with E-state index >= 15 is 0 Å². The van der Waals surface area contributed by atoms with Crippen LogP contribution in [0.1, 0.15) is 16.2 Å². The van der Waals surface area contributed by atoms with Gasteiger partial charge in [0.2, 0.25) is 11.6 Å². The Kier molecular flexibility index (Phi) is 2.37. The van der Waals surface area contributed by atoms with Gasteiger partial charge in [-0.2, -0.15) is 0 Å². The third-order valence-corrected chi connectivity index (χ3v) is 1.90. The number of nitrogens with zero attached hydrogens (tertiary/aromatic N) is 3. The van der Waals surface area contributed by atoms with Crippen LogP contribution in [0, 0.1) is 0 Å². The van der Waals surface area contributed by atoms with Gasteiger partial charge in [-0.1, -0.05) is 12.1 Å². The average Bonchev–Trinajstić information content (AvgIpc) is 2.30. The van der Waals surface area contributed by atoms with E-state index in [2.05, 4.69) is 15.0 Å². The van der Waals surface area contributed by atoms with Crippen LogP contribution in [0.25, 0.3) is 0 Å². The van der Waals surface area contributed by atoms with Crippen LogP contribution < -0.4 is 5.73 Å². The van der Waals surface area contributed by atoms with Gasteiger partial charge in [-0.15, -0.1) is 0 Å². The number of benzene rings is 1. The van der Waals surface area contributed by atoms with Crippen molar-refractivity contribution in [2.75, 3.05) is 5.73 Å². The predicted molar refractivity (Wildman–Crippen MR) is 54.1 cm³/mol. The van der Waals surface area contributed by atoms with E-state index in [1.54, 1.807) is 24.3 Å². The first kappa shape index (κ1) is 9.26. The molecule has 0 amide bonds. The first-order valence-electron chi connectivity index (χ1n) is 4.30. The molecule has 0 bridgehead atoms. The number of aromatic nitrogens is 3. The van der Waals surface area contributed by atoms with Gasteiger partial charge in [0.25, 0.3) is 0 Å². The second-order valence-electron chi connectivity index (χ2n) is 2.88. The normalized spacial score (nSPS) is 9.87. The minimum absolute atomic E-state index is 0.0999. The Bertz CT molecular complexity index is 484. The van der Waals surface area contributed by atoms with Gasteiger partial charge in [0.1, 0.15) is 12.7 Å². The van der Waals surface area contributed by atoms with Gasteiger partial charge in [0.15, 0.2) is 0 Å². The van der Waals surface area contributed by atoms with Crippen LogP contribution in [0.3, 0.4) is 0 Å². The van der Waals surface area contributed by atoms with Crippen molar-refractivity contribution in [2.45, 2.75) is 0 Å². The topological polar surface area (TPSA) is 81.8 Å². The second kappa shape index (κ2) is 3.83. The fraction of sp³-hybridized carbons (Fsp3) is 0. The number of rotatable bonds is 2. The summed E-state index contributed by atoms with van der Waals surface area (Å²) >= 11 is 0. The van der Waals surface area contributed by atoms with Gasteiger partial charge >= 0.3 is 0 Å². The Hall–Kier alpha value is -2.30. The highest BCUT2D eigenvalue weighted by atomic mass is 16.1. The summed E-state index contributed by atoms with van der Waals surface area (Å²) in [6, 6.07) is 6.81. The van der Waals surface area contributed by atoms with Crippen molar-refractivity contribution < 1.29 is 4.79 Å². The fourth-order valence-electron chi connectivity index (χ4n) is 1.18. The van der Waals surface area contributed by atoms with Crippen molar-refractivity contribution in [2.24, 2.45) is 0 Å². The van der Waals surface area contributed by atoms with Gasteiger partial charge in [-0.25, -0.2) is 15.0 Å². The number of carbonyl (C=O) groups is 1. The highest BCUT2D eigenvalue weighted by Crippen LogP contribution is 2.13. The summed E-state index contributed by atoms with van der Waals surface area (Å²) < 4.78 is 0. The molecule has 1 aromatic heterocycles. The van der Waals surface area contributed by atoms with Gasteiger partial charge in [-0.05, 0) is 12.1 Å². The molecule has 74 valence electrons. The Morgan fingerprint density at radius 1 is 1.13 bits per heavy atom. The highest BCUT2D eigenvalue weighted by Gasteiger charge is 2.13. The van der Waals surface area contributed by atoms with Crippen molar-refractivity contribution >= 4 is 11.5 Å². The van der Waals surface area contributed by atoms with Crippen LogP contribution >= 0.6 is 0 Å². The van der Waals surface area contributed by atoms with Crippen LogP contribution in [0.15, 0.2) is 36.9 Å². The number of para-hydroxylation sites is 1. The van der Waals surface area contributed by atoms with E-state index in [1.807, 2.05) is 0 Å². The van der Waals surface area contributed by atoms with E-state index in [0.717, 1.165) is 0 Å². The van der Waals surface area contributed by atoms with E-state index < -0.39 is 0 Å². The lowest BCUT2D eigenvalue weighted by Gasteiger charge is -2.01. The molecule has 0 radical (unpaired) electrons. The Labute approximate surface area is 86.0 Å². The lowest BCUT2D eigenvalue weighted by molar-refractivity contribution is 0.103. The molecule has 0 atom stereocenters. The van der Waals surface area contributed by atoms with E-state index in [4.69, 9.17) is 5.73 Å². The molecule has 0 saturated carbocycles. The van der Waals surface area contributed by atoms with Gasteiger partial charge in [0.05, 0.1) is 0 Å². The number of ketones is 1. The molecule has 1 aromatic carbocycles. The third kappa shape index (κ3) is 1.80. The van der Waals surface area contributed by atoms with Crippen molar-refractivity contribution in [3.63, 3.8) is 0 Å². The quantitative estimate of drug-likeness (QED) is 0.569. The van der Waals surface area contributed by atoms with E-state index in [1.165, 1.54) is 12.7 Å². The molecule has 2 rings (SSSR count). The van der Waals surface area contributed by atoms with Crippen molar-refractivity contribution in [1.82, 2.24) is 15.0 Å². The van der Waals surface area contributed by atoms with Crippen LogP contribution in [0.2, 0.25) is 0 Å². The summed E-state index contributed by atoms with van der Waals surface area (Å²) in [5, 5.41) is 0. The molecule has 0 saturated heterocycles. The Morgan fingerprint density at radius 3 is 2.47 bits per heavy atom. The number of nitrogens with two attached hydrogens (primary N) is 1. The number of nitrogen functional groups attached to an aromatic ring is 1. The summed E-state index contributed by atoms with van der Waals surface area (Å²) in [5.74, 6) is -0.196. The lowest BCUT2D eigenvalue weighted by atomic mass is 10.1. The molecule has 0 aliphatic carbocycles. The molecule has 15 heavy (non-hydrogen) atoms. The van der Waals surface area contributed by atoms with Crippen molar-refractivity contribution in [3.05, 3.63) is 48.3 Å². The fourth-order valence-corrected chi connectivity index (χ4v) is 1.18. The number of hydrogen-bond acceptors (Lipinski definition) is 5. The SMILES string of the molecule is Nc1ccccc1C(=O)c1ncncn1. The molecule has 2 N–H and O–H groups in total. The zero-order valence-electron chi connectivity index (χ0n) is 7.79. The molecule has 5 heteroatoms. The van der Waals surface area contributed by atoms with E-state index in [9.17, 15) is 4.79 Å². The maximum absolute atomic E-state index is 11.8. The van der Waals surface area contributed by atoms with Gasteiger partial charge < -0.3 is 5.73 Å². The number of hydrogen-bond donors (Lipinski definition) is 1. The maximum atomic E-state index is 11.8. The van der Waals surface area contributed by atoms with Crippen molar-refractivity contribution in [1.29, 1.82) is 0 Å². The first-order chi connectivity index (χ1) is 7.29. The number of anilines is 1. The summed E-state index contributed by atoms with van der Waals surface area (Å²) in [7, 11) is 0. The average molecular weight is 200 g/mol. The van der Waals surface area contributed by atoms with Crippen molar-refractivity contribution in [3.8, 4) is 0 Å². The molecular weight excluding hydrogens is 192 g/mol. The highest BCUT2D eigenvalue weighted by molar-refractivity contribution is 6.09. The summed E-state index contributed by atoms with van der Waals surface area (Å²) in [5.41, 5.74) is 6.49. The maximum Gasteiger partial charge on any atom is 0.232 e. The molecule has 2 aromatic rings. The smallest absolute Gasteiger partial charge is 0.232 e. The zero-order valence-corrected chi connectivity index (χ0v) is 7.79. The summed E-state index contributed by atoms with van der Waals surface area (Å²) in [4.78, 5) is 23.0. The van der Waals surface area contributed by atoms with Gasteiger partial charge in [0, 0.05) is 11.3 Å². The van der Waals surface area contributed by atoms with E-state index in [-0.39, 0.29) is 11.6 Å². The summed E-state index contributed by atoms with van der Waals surface area (Å²) in [6.07, 6.45) is 2.55. The monoisotopic (exact) mass is 200 g/mol. The van der Waals surface area contributed by atoms with Crippen LogP contribution in [0.4, 0.5) is 5.69 Å². The minimum Gasteiger partial charge on any atom is -0.398 e. The standard InChI is InChI=1S/C10H8N4O/c11-8-4-2-1-3-7(8)9(15)10-13-5-12-6-14-10/h1-6H,11H2. The van der Waals surface area contributed by atoms with Crippen LogP contribution in [0.5, 0.6) is 0 Å². The molecule has 0 spiro atoms. The third-order valence-electron chi connectivity index (χ3n) is 1.90. The molecule has 0 aliphatic heterocycles. The summed E-state index contributed by atoms with van der Waals surface area (Å²) in [6.45, 7) is 0. The largest absolute Gasteiger partial charge is 0.398 e. The van der Waals surface area contributed by atoms with Crippen LogP contribution in [-0.2, 0) is 0 Å². The molecule has 1 heterocycles. The lowest BCUT2D eigenvalue weighted by Crippen LogP contribution is -2.09. The number of carbonyl (C=O) groups excluding carboxylic acids is 1. The van der Waals surface area contributed by atoms with Gasteiger partial charge in [-0.3, -0.25) is 4.79 Å². The molecule has 0 unspecified atom stereocenters. The first-order valence-corrected chi connectivity index (χ1v) is 4.30. The minimum atomic E-state index is -0.296. The Balaban J connectivity index is 2.42.